The first-order chi connectivity index (χ1) is 9.43. The predicted octanol–water partition coefficient (Wildman–Crippen LogP) is 0.980. The number of rotatable bonds is 0. The van der Waals surface area contributed by atoms with E-state index in [1.165, 1.54) is 6.08 Å². The van der Waals surface area contributed by atoms with Gasteiger partial charge >= 0.3 is 0 Å². The number of carbonyl (C=O) groups is 2. The van der Waals surface area contributed by atoms with Crippen LogP contribution in [-0.4, -0.2) is 38.1 Å². The van der Waals surface area contributed by atoms with Gasteiger partial charge in [0.2, 0.25) is 5.78 Å². The van der Waals surface area contributed by atoms with Crippen molar-refractivity contribution in [3.63, 3.8) is 0 Å². The van der Waals surface area contributed by atoms with Crippen LogP contribution in [0.25, 0.3) is 0 Å². The Kier molecular flexibility index (Phi) is 2.45. The number of phenols is 2. The van der Waals surface area contributed by atoms with E-state index >= 15 is 0 Å². The highest BCUT2D eigenvalue weighted by atomic mass is 16.3. The average molecular weight is 274 g/mol. The fourth-order valence-corrected chi connectivity index (χ4v) is 2.55. The number of Topliss-reactive ketones (excluding diaryl/α,β-unsaturated/α-hetero) is 2. The smallest absolute Gasteiger partial charge is 0.201 e. The molecule has 6 nitrogen and oxygen atoms in total. The van der Waals surface area contributed by atoms with Crippen molar-refractivity contribution < 1.29 is 30.0 Å². The molecule has 1 aromatic rings. The molecule has 0 fully saturated rings. The van der Waals surface area contributed by atoms with Crippen LogP contribution in [0.2, 0.25) is 0 Å². The molecule has 3 rings (SSSR count). The summed E-state index contributed by atoms with van der Waals surface area (Å²) in [6.07, 6.45) is 0.00484. The Labute approximate surface area is 112 Å². The first kappa shape index (κ1) is 12.4. The molecule has 0 amide bonds. The average Bonchev–Trinajstić information content (AvgIpc) is 2.41. The lowest BCUT2D eigenvalue weighted by molar-refractivity contribution is 0.0923. The lowest BCUT2D eigenvalue weighted by Gasteiger charge is -2.27. The molecule has 0 spiro atoms. The predicted molar refractivity (Wildman–Crippen MR) is 66.8 cm³/mol. The second-order valence-corrected chi connectivity index (χ2v) is 4.64. The number of benzene rings is 1. The second-order valence-electron chi connectivity index (χ2n) is 4.64. The second kappa shape index (κ2) is 3.94. The number of ketones is 2. The first-order valence-electron chi connectivity index (χ1n) is 5.89. The first-order valence-corrected chi connectivity index (χ1v) is 5.89. The van der Waals surface area contributed by atoms with Gasteiger partial charge in [-0.2, -0.15) is 0 Å². The lowest BCUT2D eigenvalue weighted by atomic mass is 9.77. The summed E-state index contributed by atoms with van der Waals surface area (Å²) in [7, 11) is 0. The largest absolute Gasteiger partial charge is 0.508 e. The zero-order chi connectivity index (χ0) is 14.6. The Morgan fingerprint density at radius 2 is 1.50 bits per heavy atom. The maximum Gasteiger partial charge on any atom is 0.201 e. The van der Waals surface area contributed by atoms with E-state index in [2.05, 4.69) is 0 Å². The maximum atomic E-state index is 12.3. The fraction of sp³-hybridized carbons (Fsp3) is 0.143. The van der Waals surface area contributed by atoms with Gasteiger partial charge in [-0.15, -0.1) is 0 Å². The number of aliphatic hydroxyl groups excluding tert-OH is 2. The van der Waals surface area contributed by atoms with E-state index < -0.39 is 34.9 Å². The lowest BCUT2D eigenvalue weighted by Crippen LogP contribution is -2.31. The molecular weight excluding hydrogens is 264 g/mol. The summed E-state index contributed by atoms with van der Waals surface area (Å²) >= 11 is 0. The SMILES string of the molecule is O=C1C2=C(C(=O)c3c(O)ccc(O)c31)C(O)CC=C2O. The van der Waals surface area contributed by atoms with Crippen LogP contribution in [0.4, 0.5) is 0 Å². The van der Waals surface area contributed by atoms with E-state index in [-0.39, 0.29) is 28.7 Å². The minimum atomic E-state index is -1.23. The van der Waals surface area contributed by atoms with Crippen LogP contribution in [0.3, 0.4) is 0 Å². The van der Waals surface area contributed by atoms with Crippen molar-refractivity contribution in [1.82, 2.24) is 0 Å². The topological polar surface area (TPSA) is 115 Å². The Morgan fingerprint density at radius 1 is 0.950 bits per heavy atom. The van der Waals surface area contributed by atoms with Crippen LogP contribution in [0.5, 0.6) is 11.5 Å². The summed E-state index contributed by atoms with van der Waals surface area (Å²) in [5.41, 5.74) is -1.27. The summed E-state index contributed by atoms with van der Waals surface area (Å²) in [5, 5.41) is 39.1. The summed E-state index contributed by atoms with van der Waals surface area (Å²) in [6, 6.07) is 2.18. The highest BCUT2D eigenvalue weighted by Crippen LogP contribution is 2.41. The van der Waals surface area contributed by atoms with E-state index in [0.717, 1.165) is 12.1 Å². The number of allylic oxidation sites excluding steroid dienone is 1. The number of phenolic OH excluding ortho intramolecular Hbond substituents is 2. The van der Waals surface area contributed by atoms with Crippen molar-refractivity contribution >= 4 is 11.6 Å². The summed E-state index contributed by atoms with van der Waals surface area (Å²) in [6.45, 7) is 0. The summed E-state index contributed by atoms with van der Waals surface area (Å²) in [4.78, 5) is 24.7. The number of aromatic hydroxyl groups is 2. The fourth-order valence-electron chi connectivity index (χ4n) is 2.55. The van der Waals surface area contributed by atoms with Crippen LogP contribution in [0, 0.1) is 0 Å². The van der Waals surface area contributed by atoms with Crippen molar-refractivity contribution in [2.24, 2.45) is 0 Å². The molecule has 0 aliphatic heterocycles. The molecule has 0 aromatic heterocycles. The minimum Gasteiger partial charge on any atom is -0.508 e. The van der Waals surface area contributed by atoms with E-state index in [0.29, 0.717) is 0 Å². The molecule has 4 N–H and O–H groups in total. The Balaban J connectivity index is 2.36. The van der Waals surface area contributed by atoms with Gasteiger partial charge in [0.15, 0.2) is 5.78 Å². The highest BCUT2D eigenvalue weighted by Gasteiger charge is 2.41. The summed E-state index contributed by atoms with van der Waals surface area (Å²) in [5.74, 6) is -2.89. The quantitative estimate of drug-likeness (QED) is 0.524. The molecule has 0 heterocycles. The highest BCUT2D eigenvalue weighted by molar-refractivity contribution is 6.30. The Hall–Kier alpha value is -2.60. The van der Waals surface area contributed by atoms with Gasteiger partial charge in [0.25, 0.3) is 0 Å². The number of carbonyl (C=O) groups excluding carboxylic acids is 2. The molecule has 102 valence electrons. The van der Waals surface area contributed by atoms with Crippen LogP contribution >= 0.6 is 0 Å². The Bertz CT molecular complexity index is 725. The molecule has 0 saturated carbocycles. The van der Waals surface area contributed by atoms with E-state index in [4.69, 9.17) is 0 Å². The van der Waals surface area contributed by atoms with Crippen LogP contribution in [0.1, 0.15) is 27.1 Å². The van der Waals surface area contributed by atoms with Crippen molar-refractivity contribution in [3.8, 4) is 11.5 Å². The van der Waals surface area contributed by atoms with Gasteiger partial charge in [-0.1, -0.05) is 0 Å². The molecule has 20 heavy (non-hydrogen) atoms. The molecule has 2 aliphatic carbocycles. The molecule has 1 unspecified atom stereocenters. The standard InChI is InChI=1S/C14H10O6/c15-5-1-2-6(16)10-9(5)13(19)11-7(17)3-4-8(18)12(11)14(10)20/h1-3,8,15-18H,4H2. The van der Waals surface area contributed by atoms with Gasteiger partial charge in [-0.25, -0.2) is 0 Å². The molecule has 1 atom stereocenters. The number of aliphatic hydroxyl groups is 2. The van der Waals surface area contributed by atoms with Gasteiger partial charge in [-0.05, 0) is 24.6 Å². The molecule has 1 aromatic carbocycles. The van der Waals surface area contributed by atoms with Crippen molar-refractivity contribution in [2.45, 2.75) is 12.5 Å². The molecule has 0 radical (unpaired) electrons. The van der Waals surface area contributed by atoms with Crippen molar-refractivity contribution in [1.29, 1.82) is 0 Å². The third kappa shape index (κ3) is 1.42. The zero-order valence-corrected chi connectivity index (χ0v) is 10.1. The molecule has 6 heteroatoms. The van der Waals surface area contributed by atoms with Crippen molar-refractivity contribution in [2.75, 3.05) is 0 Å². The maximum absolute atomic E-state index is 12.3. The van der Waals surface area contributed by atoms with E-state index in [1.54, 1.807) is 0 Å². The number of hydrogen-bond acceptors (Lipinski definition) is 6. The van der Waals surface area contributed by atoms with E-state index in [9.17, 15) is 30.0 Å². The Morgan fingerprint density at radius 3 is 2.10 bits per heavy atom. The van der Waals surface area contributed by atoms with E-state index in [1.807, 2.05) is 0 Å². The van der Waals surface area contributed by atoms with Gasteiger partial charge in [0.1, 0.15) is 17.3 Å². The number of fused-ring (bicyclic) bond motifs is 1. The van der Waals surface area contributed by atoms with Gasteiger partial charge in [-0.3, -0.25) is 9.59 Å². The van der Waals surface area contributed by atoms with Gasteiger partial charge < -0.3 is 20.4 Å². The monoisotopic (exact) mass is 274 g/mol. The molecule has 0 bridgehead atoms. The summed E-state index contributed by atoms with van der Waals surface area (Å²) < 4.78 is 0. The van der Waals surface area contributed by atoms with Crippen molar-refractivity contribution in [3.05, 3.63) is 46.2 Å². The molecule has 2 aliphatic rings. The van der Waals surface area contributed by atoms with Gasteiger partial charge in [0, 0.05) is 5.57 Å². The minimum absolute atomic E-state index is 0.00139. The third-order valence-corrected chi connectivity index (χ3v) is 3.48. The third-order valence-electron chi connectivity index (χ3n) is 3.48. The van der Waals surface area contributed by atoms with Gasteiger partial charge in [0.05, 0.1) is 22.8 Å². The van der Waals surface area contributed by atoms with Crippen LogP contribution in [0.15, 0.2) is 35.1 Å². The zero-order valence-electron chi connectivity index (χ0n) is 10.1. The normalized spacial score (nSPS) is 21.4. The van der Waals surface area contributed by atoms with Crippen LogP contribution in [-0.2, 0) is 0 Å². The molecule has 0 saturated heterocycles. The molecular formula is C14H10O6. The number of hydrogen-bond donors (Lipinski definition) is 4. The van der Waals surface area contributed by atoms with Crippen LogP contribution < -0.4 is 0 Å².